The molecule has 0 N–H and O–H groups in total. The smallest absolute Gasteiger partial charge is 0.109 e. The van der Waals surface area contributed by atoms with E-state index >= 15 is 0 Å². The molecule has 1 nitrogen and oxygen atoms in total. The molecule has 0 rings (SSSR count). The number of rotatable bonds is 2. The largest absolute Gasteiger partial charge is 0.450 e. The molecule has 0 fully saturated rings. The second kappa shape index (κ2) is 6.36. The molecule has 0 atom stereocenters. The second-order valence-electron chi connectivity index (χ2n) is 1.59. The highest BCUT2D eigenvalue weighted by Gasteiger charge is 1.74. The van der Waals surface area contributed by atoms with Crippen LogP contribution in [0.3, 0.4) is 0 Å². The van der Waals surface area contributed by atoms with E-state index in [-0.39, 0.29) is 0 Å². The summed E-state index contributed by atoms with van der Waals surface area (Å²) in [7, 11) is 1.58. The van der Waals surface area contributed by atoms with Crippen molar-refractivity contribution in [3.8, 4) is 12.0 Å². The Balaban J connectivity index is 2.90. The molecule has 0 aliphatic carbocycles. The number of hydrogen-bond donors (Lipinski definition) is 0. The van der Waals surface area contributed by atoms with Crippen LogP contribution >= 0.6 is 0 Å². The fourth-order valence-electron chi connectivity index (χ4n) is 0.388. The molecule has 0 saturated heterocycles. The first-order chi connectivity index (χ1) is 3.91. The average molecular weight is 112 g/mol. The third kappa shape index (κ3) is 5.36. The SMILES string of the molecule is CCCCC#COC. The van der Waals surface area contributed by atoms with E-state index in [2.05, 4.69) is 23.7 Å². The number of unbranched alkanes of at least 4 members (excludes halogenated alkanes) is 2. The van der Waals surface area contributed by atoms with Crippen LogP contribution in [0.5, 0.6) is 0 Å². The summed E-state index contributed by atoms with van der Waals surface area (Å²) in [5.74, 6) is 2.86. The summed E-state index contributed by atoms with van der Waals surface area (Å²) in [6, 6.07) is 0. The van der Waals surface area contributed by atoms with E-state index in [4.69, 9.17) is 0 Å². The van der Waals surface area contributed by atoms with Crippen LogP contribution in [0.15, 0.2) is 0 Å². The van der Waals surface area contributed by atoms with Crippen LogP contribution in [-0.4, -0.2) is 7.11 Å². The van der Waals surface area contributed by atoms with Gasteiger partial charge in [-0.15, -0.1) is 0 Å². The molecular formula is C7H12O. The lowest BCUT2D eigenvalue weighted by molar-refractivity contribution is 0.371. The van der Waals surface area contributed by atoms with Crippen LogP contribution in [0.25, 0.3) is 0 Å². The molecule has 46 valence electrons. The lowest BCUT2D eigenvalue weighted by Gasteiger charge is -1.82. The van der Waals surface area contributed by atoms with Gasteiger partial charge in [-0.1, -0.05) is 19.3 Å². The molecule has 0 radical (unpaired) electrons. The summed E-state index contributed by atoms with van der Waals surface area (Å²) in [4.78, 5) is 0. The van der Waals surface area contributed by atoms with Gasteiger partial charge >= 0.3 is 0 Å². The van der Waals surface area contributed by atoms with Crippen molar-refractivity contribution in [2.75, 3.05) is 7.11 Å². The van der Waals surface area contributed by atoms with Crippen LogP contribution in [-0.2, 0) is 4.74 Å². The van der Waals surface area contributed by atoms with Crippen LogP contribution in [0, 0.1) is 12.0 Å². The summed E-state index contributed by atoms with van der Waals surface area (Å²) in [5, 5.41) is 0. The van der Waals surface area contributed by atoms with Crippen molar-refractivity contribution < 1.29 is 4.74 Å². The minimum absolute atomic E-state index is 0.963. The van der Waals surface area contributed by atoms with Crippen molar-refractivity contribution >= 4 is 0 Å². The fourth-order valence-corrected chi connectivity index (χ4v) is 0.388. The monoisotopic (exact) mass is 112 g/mol. The normalized spacial score (nSPS) is 7.25. The minimum atomic E-state index is 0.963. The first-order valence-electron chi connectivity index (χ1n) is 2.92. The fraction of sp³-hybridized carbons (Fsp3) is 0.714. The summed E-state index contributed by atoms with van der Waals surface area (Å²) in [6.07, 6.45) is 5.88. The summed E-state index contributed by atoms with van der Waals surface area (Å²) in [6.45, 7) is 2.15. The van der Waals surface area contributed by atoms with E-state index in [0.717, 1.165) is 6.42 Å². The molecule has 0 amide bonds. The maximum Gasteiger partial charge on any atom is 0.109 e. The minimum Gasteiger partial charge on any atom is -0.450 e. The topological polar surface area (TPSA) is 9.23 Å². The highest BCUT2D eigenvalue weighted by molar-refractivity contribution is 4.90. The summed E-state index contributed by atoms with van der Waals surface area (Å²) < 4.78 is 4.53. The van der Waals surface area contributed by atoms with Crippen LogP contribution < -0.4 is 0 Å². The molecule has 0 saturated carbocycles. The van der Waals surface area contributed by atoms with Gasteiger partial charge in [0.2, 0.25) is 0 Å². The third-order valence-electron chi connectivity index (χ3n) is 0.830. The maximum atomic E-state index is 4.53. The quantitative estimate of drug-likeness (QED) is 0.391. The predicted molar refractivity (Wildman–Crippen MR) is 34.3 cm³/mol. The maximum absolute atomic E-state index is 4.53. The van der Waals surface area contributed by atoms with Crippen LogP contribution in [0.4, 0.5) is 0 Å². The Bertz CT molecular complexity index is 86.3. The van der Waals surface area contributed by atoms with Gasteiger partial charge in [-0.05, 0) is 6.42 Å². The van der Waals surface area contributed by atoms with Crippen molar-refractivity contribution in [3.05, 3.63) is 0 Å². The van der Waals surface area contributed by atoms with Gasteiger partial charge < -0.3 is 4.74 Å². The standard InChI is InChI=1S/C7H12O/c1-3-4-5-6-7-8-2/h3-5H2,1-2H3. The molecule has 0 unspecified atom stereocenters. The Hall–Kier alpha value is -0.640. The summed E-state index contributed by atoms with van der Waals surface area (Å²) in [5.41, 5.74) is 0. The molecule has 1 heteroatoms. The molecule has 8 heavy (non-hydrogen) atoms. The Morgan fingerprint density at radius 1 is 1.50 bits per heavy atom. The first kappa shape index (κ1) is 7.36. The van der Waals surface area contributed by atoms with Crippen molar-refractivity contribution in [2.24, 2.45) is 0 Å². The third-order valence-corrected chi connectivity index (χ3v) is 0.830. The van der Waals surface area contributed by atoms with Gasteiger partial charge in [0, 0.05) is 6.42 Å². The Morgan fingerprint density at radius 2 is 2.25 bits per heavy atom. The summed E-state index contributed by atoms with van der Waals surface area (Å²) >= 11 is 0. The number of methoxy groups -OCH3 is 1. The molecule has 0 aromatic rings. The average Bonchev–Trinajstić information content (AvgIpc) is 1.81. The first-order valence-corrected chi connectivity index (χ1v) is 2.92. The number of hydrogen-bond acceptors (Lipinski definition) is 1. The van der Waals surface area contributed by atoms with Crippen molar-refractivity contribution in [2.45, 2.75) is 26.2 Å². The van der Waals surface area contributed by atoms with Crippen molar-refractivity contribution in [3.63, 3.8) is 0 Å². The van der Waals surface area contributed by atoms with Crippen LogP contribution in [0.2, 0.25) is 0 Å². The van der Waals surface area contributed by atoms with E-state index < -0.39 is 0 Å². The lowest BCUT2D eigenvalue weighted by atomic mass is 10.3. The molecule has 0 spiro atoms. The van der Waals surface area contributed by atoms with Gasteiger partial charge in [0.15, 0.2) is 0 Å². The lowest BCUT2D eigenvalue weighted by Crippen LogP contribution is -1.68. The van der Waals surface area contributed by atoms with Crippen LogP contribution in [0.1, 0.15) is 26.2 Å². The Morgan fingerprint density at radius 3 is 2.75 bits per heavy atom. The highest BCUT2D eigenvalue weighted by atomic mass is 16.5. The van der Waals surface area contributed by atoms with E-state index in [0.29, 0.717) is 0 Å². The molecule has 0 heterocycles. The predicted octanol–water partition coefficient (Wildman–Crippen LogP) is 1.78. The zero-order chi connectivity index (χ0) is 6.24. The highest BCUT2D eigenvalue weighted by Crippen LogP contribution is 1.89. The van der Waals surface area contributed by atoms with Crippen molar-refractivity contribution in [1.29, 1.82) is 0 Å². The Labute approximate surface area is 51.0 Å². The zero-order valence-electron chi connectivity index (χ0n) is 5.53. The van der Waals surface area contributed by atoms with Gasteiger partial charge in [-0.3, -0.25) is 0 Å². The van der Waals surface area contributed by atoms with E-state index in [1.54, 1.807) is 7.11 Å². The van der Waals surface area contributed by atoms with Gasteiger partial charge in [-0.25, -0.2) is 0 Å². The van der Waals surface area contributed by atoms with Gasteiger partial charge in [0.25, 0.3) is 0 Å². The van der Waals surface area contributed by atoms with E-state index in [1.807, 2.05) is 0 Å². The molecule has 0 aromatic carbocycles. The molecule has 0 bridgehead atoms. The van der Waals surface area contributed by atoms with Gasteiger partial charge in [-0.2, -0.15) is 0 Å². The van der Waals surface area contributed by atoms with Gasteiger partial charge in [0.05, 0.1) is 7.11 Å². The van der Waals surface area contributed by atoms with E-state index in [9.17, 15) is 0 Å². The molecule has 0 aliphatic rings. The molecule has 0 aliphatic heterocycles. The molecular weight excluding hydrogens is 100 g/mol. The van der Waals surface area contributed by atoms with Crippen molar-refractivity contribution in [1.82, 2.24) is 0 Å². The molecule has 0 aromatic heterocycles. The number of ether oxygens (including phenoxy) is 1. The second-order valence-corrected chi connectivity index (χ2v) is 1.59. The van der Waals surface area contributed by atoms with E-state index in [1.165, 1.54) is 12.8 Å². The Kier molecular flexibility index (Phi) is 5.85. The zero-order valence-corrected chi connectivity index (χ0v) is 5.53. The van der Waals surface area contributed by atoms with Gasteiger partial charge in [0.1, 0.15) is 6.11 Å².